The Morgan fingerprint density at radius 2 is 1.87 bits per heavy atom. The maximum Gasteiger partial charge on any atom is 0.271 e. The summed E-state index contributed by atoms with van der Waals surface area (Å²) in [6, 6.07) is 20.9. The number of non-ortho nitro benzene ring substituents is 1. The Hall–Kier alpha value is -5.29. The zero-order valence-corrected chi connectivity index (χ0v) is 26.1. The Labute approximate surface area is 262 Å². The molecule has 0 fully saturated rings. The number of fused-ring (bicyclic) bond motifs is 2. The number of likely N-dealkylation sites (N-methyl/N-ethyl adjacent to an activating group) is 1. The van der Waals surface area contributed by atoms with Gasteiger partial charge in [0, 0.05) is 42.7 Å². The summed E-state index contributed by atoms with van der Waals surface area (Å²) >= 11 is 1.23. The molecular weight excluding hydrogens is 590 g/mol. The number of carbonyl (C=O) groups is 1. The number of hydrogen-bond acceptors (Lipinski definition) is 7. The first kappa shape index (κ1) is 29.8. The maximum atomic E-state index is 14.4. The highest BCUT2D eigenvalue weighted by Gasteiger charge is 2.36. The molecule has 0 bridgehead atoms. The molecule has 1 aliphatic heterocycles. The van der Waals surface area contributed by atoms with Gasteiger partial charge in [-0.15, -0.1) is 0 Å². The number of benzene rings is 3. The minimum absolute atomic E-state index is 0.0311. The topological polar surface area (TPSA) is 112 Å². The van der Waals surface area contributed by atoms with E-state index >= 15 is 0 Å². The van der Waals surface area contributed by atoms with E-state index in [4.69, 9.17) is 9.73 Å². The summed E-state index contributed by atoms with van der Waals surface area (Å²) in [6.45, 7) is 6.67. The number of hydrogen-bond donors (Lipinski definition) is 0. The number of amides is 1. The van der Waals surface area contributed by atoms with Crippen LogP contribution in [0.25, 0.3) is 22.5 Å². The normalized spacial score (nSPS) is 14.8. The van der Waals surface area contributed by atoms with Crippen molar-refractivity contribution in [2.45, 2.75) is 26.8 Å². The summed E-state index contributed by atoms with van der Waals surface area (Å²) in [5.41, 5.74) is 2.60. The Balaban J connectivity index is 1.61. The lowest BCUT2D eigenvalue weighted by molar-refractivity contribution is -0.384. The van der Waals surface area contributed by atoms with Crippen molar-refractivity contribution < 1.29 is 14.5 Å². The van der Waals surface area contributed by atoms with Gasteiger partial charge < -0.3 is 14.2 Å². The molecule has 3 aromatic carbocycles. The van der Waals surface area contributed by atoms with E-state index in [1.54, 1.807) is 45.5 Å². The molecule has 0 saturated heterocycles. The van der Waals surface area contributed by atoms with Crippen molar-refractivity contribution in [2.24, 2.45) is 4.99 Å². The molecule has 0 N–H and O–H groups in total. The SMILES string of the molecule is CCN(CC)C(=O)C1=C(C)N=c2s/c(=C/c3cccn3-c3cccc([N+](=O)[O-])c3)c(=O)n2[C@H]1c1c(OC)ccc2ccccc12. The first-order valence-corrected chi connectivity index (χ1v) is 15.4. The van der Waals surface area contributed by atoms with Crippen molar-refractivity contribution in [3.05, 3.63) is 131 Å². The van der Waals surface area contributed by atoms with Crippen molar-refractivity contribution in [3.8, 4) is 11.4 Å². The van der Waals surface area contributed by atoms with Gasteiger partial charge in [-0.3, -0.25) is 24.3 Å². The van der Waals surface area contributed by atoms with E-state index in [2.05, 4.69) is 0 Å². The second-order valence-electron chi connectivity index (χ2n) is 10.5. The van der Waals surface area contributed by atoms with E-state index in [0.29, 0.717) is 56.4 Å². The fraction of sp³-hybridized carbons (Fsp3) is 0.206. The van der Waals surface area contributed by atoms with Crippen molar-refractivity contribution >= 4 is 39.8 Å². The number of nitro groups is 1. The first-order valence-electron chi connectivity index (χ1n) is 14.6. The van der Waals surface area contributed by atoms with E-state index in [-0.39, 0.29) is 17.2 Å². The second-order valence-corrected chi connectivity index (χ2v) is 11.6. The molecule has 0 radical (unpaired) electrons. The van der Waals surface area contributed by atoms with Gasteiger partial charge in [0.05, 0.1) is 33.5 Å². The van der Waals surface area contributed by atoms with Crippen molar-refractivity contribution in [2.75, 3.05) is 20.2 Å². The molecule has 0 spiro atoms. The van der Waals surface area contributed by atoms with Gasteiger partial charge in [0.1, 0.15) is 11.8 Å². The molecule has 0 aliphatic carbocycles. The average Bonchev–Trinajstić information content (AvgIpc) is 3.64. The fourth-order valence-electron chi connectivity index (χ4n) is 5.92. The monoisotopic (exact) mass is 621 g/mol. The van der Waals surface area contributed by atoms with Gasteiger partial charge in [-0.2, -0.15) is 0 Å². The standard InChI is InChI=1S/C34H31N5O5S/c1-5-36(6-2)33(41)29-21(3)35-34-38(31(29)30-26-15-8-7-11-22(26)16-17-27(30)44-4)32(40)28(45-34)20-24-14-10-18-37(24)23-12-9-13-25(19-23)39(42)43/h7-20,31H,5-6H2,1-4H3/b28-20+/t31-/m1/s1. The number of methoxy groups -OCH3 is 1. The molecule has 11 heteroatoms. The van der Waals surface area contributed by atoms with Crippen molar-refractivity contribution in [3.63, 3.8) is 0 Å². The van der Waals surface area contributed by atoms with Gasteiger partial charge in [0.2, 0.25) is 0 Å². The van der Waals surface area contributed by atoms with Crippen LogP contribution < -0.4 is 19.6 Å². The Bertz CT molecular complexity index is 2190. The highest BCUT2D eigenvalue weighted by Crippen LogP contribution is 2.40. The van der Waals surface area contributed by atoms with E-state index in [0.717, 1.165) is 10.8 Å². The zero-order valence-electron chi connectivity index (χ0n) is 25.3. The third kappa shape index (κ3) is 5.14. The van der Waals surface area contributed by atoms with E-state index < -0.39 is 11.0 Å². The summed E-state index contributed by atoms with van der Waals surface area (Å²) in [6.07, 6.45) is 3.54. The Morgan fingerprint density at radius 1 is 1.09 bits per heavy atom. The average molecular weight is 622 g/mol. The maximum absolute atomic E-state index is 14.4. The summed E-state index contributed by atoms with van der Waals surface area (Å²) in [5.74, 6) is 0.377. The van der Waals surface area contributed by atoms with Crippen LogP contribution in [0.2, 0.25) is 0 Å². The van der Waals surface area contributed by atoms with Crippen LogP contribution in [0.5, 0.6) is 5.75 Å². The van der Waals surface area contributed by atoms with Gasteiger partial charge in [0.25, 0.3) is 17.2 Å². The van der Waals surface area contributed by atoms with Gasteiger partial charge in [-0.25, -0.2) is 4.99 Å². The lowest BCUT2D eigenvalue weighted by Gasteiger charge is -2.30. The molecule has 228 valence electrons. The molecule has 0 unspecified atom stereocenters. The van der Waals surface area contributed by atoms with Crippen LogP contribution in [0.15, 0.2) is 100 Å². The number of nitro benzene ring substituents is 1. The molecule has 3 heterocycles. The number of nitrogens with zero attached hydrogens (tertiary/aromatic N) is 5. The molecule has 1 amide bonds. The zero-order chi connectivity index (χ0) is 31.8. The molecule has 6 rings (SSSR count). The summed E-state index contributed by atoms with van der Waals surface area (Å²) in [4.78, 5) is 46.6. The van der Waals surface area contributed by atoms with Crippen LogP contribution in [-0.2, 0) is 4.79 Å². The molecule has 45 heavy (non-hydrogen) atoms. The van der Waals surface area contributed by atoms with Gasteiger partial charge >= 0.3 is 0 Å². The van der Waals surface area contributed by atoms with Gasteiger partial charge in [0.15, 0.2) is 4.80 Å². The molecule has 1 aliphatic rings. The summed E-state index contributed by atoms with van der Waals surface area (Å²) in [7, 11) is 1.59. The smallest absolute Gasteiger partial charge is 0.271 e. The molecule has 2 aromatic heterocycles. The summed E-state index contributed by atoms with van der Waals surface area (Å²) in [5, 5.41) is 13.2. The van der Waals surface area contributed by atoms with Crippen LogP contribution >= 0.6 is 11.3 Å². The van der Waals surface area contributed by atoms with Crippen LogP contribution in [0.1, 0.15) is 38.1 Å². The van der Waals surface area contributed by atoms with Crippen LogP contribution in [0, 0.1) is 10.1 Å². The molecule has 5 aromatic rings. The molecule has 10 nitrogen and oxygen atoms in total. The minimum atomic E-state index is -0.791. The van der Waals surface area contributed by atoms with Crippen LogP contribution in [0.3, 0.4) is 0 Å². The number of thiazole rings is 1. The van der Waals surface area contributed by atoms with Crippen molar-refractivity contribution in [1.29, 1.82) is 0 Å². The third-order valence-corrected chi connectivity index (χ3v) is 9.09. The largest absolute Gasteiger partial charge is 0.496 e. The summed E-state index contributed by atoms with van der Waals surface area (Å²) < 4.78 is 9.67. The van der Waals surface area contributed by atoms with E-state index in [1.807, 2.05) is 69.3 Å². The Kier molecular flexibility index (Phi) is 7.94. The number of rotatable bonds is 8. The highest BCUT2D eigenvalue weighted by molar-refractivity contribution is 7.07. The number of carbonyl (C=O) groups excluding carboxylic acids is 1. The predicted octanol–water partition coefficient (Wildman–Crippen LogP) is 4.96. The van der Waals surface area contributed by atoms with E-state index in [9.17, 15) is 19.7 Å². The molecular formula is C34H31N5O5S. The quantitative estimate of drug-likeness (QED) is 0.180. The number of allylic oxidation sites excluding steroid dienone is 1. The van der Waals surface area contributed by atoms with Gasteiger partial charge in [-0.1, -0.05) is 47.7 Å². The lowest BCUT2D eigenvalue weighted by atomic mass is 9.90. The van der Waals surface area contributed by atoms with Gasteiger partial charge in [-0.05, 0) is 61.9 Å². The lowest BCUT2D eigenvalue weighted by Crippen LogP contribution is -2.43. The van der Waals surface area contributed by atoms with Crippen LogP contribution in [-0.4, -0.2) is 45.1 Å². The molecule has 1 atom stereocenters. The number of ether oxygens (including phenoxy) is 1. The first-order chi connectivity index (χ1) is 21.8. The predicted molar refractivity (Wildman–Crippen MR) is 175 cm³/mol. The Morgan fingerprint density at radius 3 is 2.60 bits per heavy atom. The second kappa shape index (κ2) is 12.0. The highest BCUT2D eigenvalue weighted by atomic mass is 32.1. The van der Waals surface area contributed by atoms with Crippen molar-refractivity contribution in [1.82, 2.24) is 14.0 Å². The van der Waals surface area contributed by atoms with E-state index in [1.165, 1.54) is 23.5 Å². The number of aromatic nitrogens is 2. The van der Waals surface area contributed by atoms with Crippen LogP contribution in [0.4, 0.5) is 5.69 Å². The third-order valence-electron chi connectivity index (χ3n) is 8.10. The molecule has 0 saturated carbocycles. The minimum Gasteiger partial charge on any atom is -0.496 e. The fourth-order valence-corrected chi connectivity index (χ4v) is 6.95.